The van der Waals surface area contributed by atoms with E-state index in [1.165, 1.54) is 6.07 Å². The van der Waals surface area contributed by atoms with Crippen molar-refractivity contribution in [2.75, 3.05) is 13.7 Å². The number of carbonyl (C=O) groups is 1. The van der Waals surface area contributed by atoms with E-state index in [9.17, 15) is 13.2 Å². The Balaban J connectivity index is 3.05. The first-order valence-electron chi connectivity index (χ1n) is 5.90. The van der Waals surface area contributed by atoms with Crippen LogP contribution in [0, 0.1) is 0 Å². The summed E-state index contributed by atoms with van der Waals surface area (Å²) < 4.78 is 27.7. The lowest BCUT2D eigenvalue weighted by Gasteiger charge is -2.14. The normalized spacial score (nSPS) is 13.0. The molecule has 1 rings (SSSR count). The van der Waals surface area contributed by atoms with Crippen LogP contribution in [0.15, 0.2) is 17.0 Å². The number of halogens is 3. The summed E-state index contributed by atoms with van der Waals surface area (Å²) in [6.07, 6.45) is 0.605. The van der Waals surface area contributed by atoms with Gasteiger partial charge in [0.25, 0.3) is 15.0 Å². The van der Waals surface area contributed by atoms with Gasteiger partial charge in [-0.1, -0.05) is 23.2 Å². The minimum absolute atomic E-state index is 0.00967. The van der Waals surface area contributed by atoms with Gasteiger partial charge in [0.15, 0.2) is 0 Å². The molecule has 0 heterocycles. The van der Waals surface area contributed by atoms with Gasteiger partial charge in [0.05, 0.1) is 15.6 Å². The van der Waals surface area contributed by atoms with Crippen molar-refractivity contribution in [2.45, 2.75) is 24.3 Å². The number of ether oxygens (including phenoxy) is 1. The van der Waals surface area contributed by atoms with Crippen LogP contribution < -0.4 is 5.32 Å². The third-order valence-corrected chi connectivity index (χ3v) is 4.76. The molecule has 1 aromatic carbocycles. The first-order valence-corrected chi connectivity index (χ1v) is 8.97. The molecule has 0 aliphatic rings. The number of benzene rings is 1. The Hall–Kier alpha value is -0.530. The van der Waals surface area contributed by atoms with Crippen LogP contribution in [-0.2, 0) is 13.8 Å². The average Bonchev–Trinajstić information content (AvgIpc) is 2.34. The van der Waals surface area contributed by atoms with Crippen LogP contribution in [0.2, 0.25) is 10.0 Å². The molecule has 0 aliphatic carbocycles. The van der Waals surface area contributed by atoms with E-state index in [-0.39, 0.29) is 26.5 Å². The van der Waals surface area contributed by atoms with E-state index >= 15 is 0 Å². The summed E-state index contributed by atoms with van der Waals surface area (Å²) in [6, 6.07) is 2.07. The molecule has 118 valence electrons. The van der Waals surface area contributed by atoms with Gasteiger partial charge in [-0.2, -0.15) is 0 Å². The van der Waals surface area contributed by atoms with E-state index in [1.54, 1.807) is 14.0 Å². The fourth-order valence-corrected chi connectivity index (χ4v) is 3.38. The first-order chi connectivity index (χ1) is 9.66. The van der Waals surface area contributed by atoms with Gasteiger partial charge in [-0.05, 0) is 25.5 Å². The van der Waals surface area contributed by atoms with Crippen LogP contribution in [0.5, 0.6) is 0 Å². The Morgan fingerprint density at radius 2 is 1.95 bits per heavy atom. The van der Waals surface area contributed by atoms with Crippen LogP contribution >= 0.6 is 33.9 Å². The zero-order valence-electron chi connectivity index (χ0n) is 11.3. The van der Waals surface area contributed by atoms with Crippen molar-refractivity contribution < 1.29 is 17.9 Å². The first kappa shape index (κ1) is 18.5. The Kier molecular flexibility index (Phi) is 6.74. The highest BCUT2D eigenvalue weighted by atomic mass is 35.7. The predicted molar refractivity (Wildman–Crippen MR) is 82.9 cm³/mol. The number of amides is 1. The molecule has 0 spiro atoms. The fraction of sp³-hybridized carbons (Fsp3) is 0.417. The summed E-state index contributed by atoms with van der Waals surface area (Å²) in [6.45, 7) is 2.27. The van der Waals surface area contributed by atoms with Gasteiger partial charge in [-0.3, -0.25) is 4.79 Å². The van der Waals surface area contributed by atoms with Crippen LogP contribution in [0.4, 0.5) is 0 Å². The number of methoxy groups -OCH3 is 1. The van der Waals surface area contributed by atoms with Crippen LogP contribution in [-0.4, -0.2) is 34.1 Å². The number of carbonyl (C=O) groups excluding carboxylic acids is 1. The quantitative estimate of drug-likeness (QED) is 0.777. The minimum atomic E-state index is -4.07. The highest BCUT2D eigenvalue weighted by molar-refractivity contribution is 8.13. The number of nitrogens with one attached hydrogen (secondary N) is 1. The third kappa shape index (κ3) is 5.30. The molecule has 0 aliphatic heterocycles. The second-order valence-electron chi connectivity index (χ2n) is 4.36. The second-order valence-corrected chi connectivity index (χ2v) is 7.71. The van der Waals surface area contributed by atoms with Gasteiger partial charge in [-0.25, -0.2) is 8.42 Å². The molecular weight excluding hydrogens is 361 g/mol. The van der Waals surface area contributed by atoms with E-state index in [0.29, 0.717) is 13.0 Å². The largest absolute Gasteiger partial charge is 0.385 e. The lowest BCUT2D eigenvalue weighted by Crippen LogP contribution is -2.33. The topological polar surface area (TPSA) is 72.5 Å². The fourth-order valence-electron chi connectivity index (χ4n) is 1.56. The SMILES string of the molecule is COCCC(C)NC(=O)c1cc(S(=O)(=O)Cl)c(Cl)cc1Cl. The zero-order chi connectivity index (χ0) is 16.2. The summed E-state index contributed by atoms with van der Waals surface area (Å²) in [5, 5.41) is 2.59. The summed E-state index contributed by atoms with van der Waals surface area (Å²) >= 11 is 11.7. The molecule has 9 heteroatoms. The molecule has 1 aromatic rings. The molecule has 0 radical (unpaired) electrons. The maximum absolute atomic E-state index is 12.1. The summed E-state index contributed by atoms with van der Waals surface area (Å²) in [4.78, 5) is 11.8. The molecule has 0 saturated heterocycles. The molecule has 5 nitrogen and oxygen atoms in total. The molecule has 0 fully saturated rings. The van der Waals surface area contributed by atoms with Gasteiger partial charge < -0.3 is 10.1 Å². The number of rotatable bonds is 6. The van der Waals surface area contributed by atoms with Crippen molar-refractivity contribution in [1.82, 2.24) is 5.32 Å². The van der Waals surface area contributed by atoms with Crippen molar-refractivity contribution in [1.29, 1.82) is 0 Å². The zero-order valence-corrected chi connectivity index (χ0v) is 14.4. The minimum Gasteiger partial charge on any atom is -0.385 e. The number of hydrogen-bond donors (Lipinski definition) is 1. The van der Waals surface area contributed by atoms with E-state index in [4.69, 9.17) is 38.6 Å². The van der Waals surface area contributed by atoms with Crippen LogP contribution in [0.1, 0.15) is 23.7 Å². The predicted octanol–water partition coefficient (Wildman–Crippen LogP) is 3.08. The summed E-state index contributed by atoms with van der Waals surface area (Å²) in [5.74, 6) is -0.512. The van der Waals surface area contributed by atoms with Gasteiger partial charge in [-0.15, -0.1) is 0 Å². The van der Waals surface area contributed by atoms with Gasteiger partial charge >= 0.3 is 0 Å². The molecule has 0 aromatic heterocycles. The molecule has 0 saturated carbocycles. The molecule has 1 N–H and O–H groups in total. The second kappa shape index (κ2) is 7.65. The van der Waals surface area contributed by atoms with Gasteiger partial charge in [0.1, 0.15) is 4.90 Å². The van der Waals surface area contributed by atoms with Crippen molar-refractivity contribution >= 4 is 48.8 Å². The van der Waals surface area contributed by atoms with E-state index in [1.807, 2.05) is 0 Å². The standard InChI is InChI=1S/C12H14Cl3NO4S/c1-7(3-4-20-2)16-12(17)8-5-11(21(15,18)19)10(14)6-9(8)13/h5-7H,3-4H2,1-2H3,(H,16,17). The van der Waals surface area contributed by atoms with Gasteiger partial charge in [0, 0.05) is 30.4 Å². The van der Waals surface area contributed by atoms with E-state index in [0.717, 1.165) is 6.07 Å². The average molecular weight is 375 g/mol. The van der Waals surface area contributed by atoms with E-state index in [2.05, 4.69) is 5.32 Å². The Morgan fingerprint density at radius 1 is 1.33 bits per heavy atom. The van der Waals surface area contributed by atoms with Crippen LogP contribution in [0.25, 0.3) is 0 Å². The maximum atomic E-state index is 12.1. The monoisotopic (exact) mass is 373 g/mol. The molecular formula is C12H14Cl3NO4S. The third-order valence-electron chi connectivity index (χ3n) is 2.66. The molecule has 0 bridgehead atoms. The van der Waals surface area contributed by atoms with Crippen LogP contribution in [0.3, 0.4) is 0 Å². The lowest BCUT2D eigenvalue weighted by molar-refractivity contribution is 0.0929. The lowest BCUT2D eigenvalue weighted by atomic mass is 10.2. The molecule has 21 heavy (non-hydrogen) atoms. The van der Waals surface area contributed by atoms with Gasteiger partial charge in [0.2, 0.25) is 0 Å². The Bertz CT molecular complexity index is 634. The van der Waals surface area contributed by atoms with Crippen molar-refractivity contribution in [3.05, 3.63) is 27.7 Å². The maximum Gasteiger partial charge on any atom is 0.262 e. The highest BCUT2D eigenvalue weighted by Gasteiger charge is 2.21. The molecule has 1 amide bonds. The summed E-state index contributed by atoms with van der Waals surface area (Å²) in [5.41, 5.74) is -0.00967. The Morgan fingerprint density at radius 3 is 2.48 bits per heavy atom. The van der Waals surface area contributed by atoms with Crippen molar-refractivity contribution in [2.24, 2.45) is 0 Å². The highest BCUT2D eigenvalue weighted by Crippen LogP contribution is 2.30. The van der Waals surface area contributed by atoms with E-state index < -0.39 is 15.0 Å². The van der Waals surface area contributed by atoms with Crippen molar-refractivity contribution in [3.8, 4) is 0 Å². The molecule has 1 atom stereocenters. The Labute approximate surface area is 137 Å². The smallest absolute Gasteiger partial charge is 0.262 e. The molecule has 1 unspecified atom stereocenters. The van der Waals surface area contributed by atoms with Crippen molar-refractivity contribution in [3.63, 3.8) is 0 Å². The number of hydrogen-bond acceptors (Lipinski definition) is 4. The summed E-state index contributed by atoms with van der Waals surface area (Å²) in [7, 11) is 2.75.